The van der Waals surface area contributed by atoms with E-state index in [9.17, 15) is 5.11 Å². The fraction of sp³-hybridized carbons (Fsp3) is 0.765. The van der Waals surface area contributed by atoms with E-state index in [0.29, 0.717) is 6.61 Å². The van der Waals surface area contributed by atoms with E-state index in [1.165, 1.54) is 0 Å². The summed E-state index contributed by atoms with van der Waals surface area (Å²) in [4.78, 5) is 0. The van der Waals surface area contributed by atoms with Crippen LogP contribution in [0.15, 0.2) is 0 Å². The molecular formula is C17H22O5. The number of hydrogen-bond donors (Lipinski definition) is 1. The molecule has 120 valence electrons. The normalized spacial score (nSPS) is 40.3. The molecule has 3 aliphatic heterocycles. The lowest BCUT2D eigenvalue weighted by Gasteiger charge is -2.37. The van der Waals surface area contributed by atoms with Gasteiger partial charge in [-0.1, -0.05) is 11.8 Å². The van der Waals surface area contributed by atoms with Crippen LogP contribution in [0.25, 0.3) is 0 Å². The van der Waals surface area contributed by atoms with Gasteiger partial charge in [-0.2, -0.15) is 0 Å². The molecule has 0 amide bonds. The average molecular weight is 306 g/mol. The topological polar surface area (TPSA) is 57.2 Å². The van der Waals surface area contributed by atoms with Gasteiger partial charge in [0.1, 0.15) is 24.4 Å². The summed E-state index contributed by atoms with van der Waals surface area (Å²) in [5.41, 5.74) is 0. The number of fused-ring (bicyclic) bond motifs is 2. The summed E-state index contributed by atoms with van der Waals surface area (Å²) in [5.74, 6) is 9.07. The van der Waals surface area contributed by atoms with Crippen LogP contribution in [0, 0.1) is 23.7 Å². The molecule has 1 N–H and O–H groups in total. The third-order valence-electron chi connectivity index (χ3n) is 4.21. The summed E-state index contributed by atoms with van der Waals surface area (Å²) < 4.78 is 24.0. The van der Waals surface area contributed by atoms with E-state index in [1.807, 2.05) is 13.8 Å². The number of aliphatic hydroxyl groups is 1. The minimum absolute atomic E-state index is 0.346. The zero-order chi connectivity index (χ0) is 15.8. The van der Waals surface area contributed by atoms with Gasteiger partial charge < -0.3 is 24.1 Å². The van der Waals surface area contributed by atoms with Gasteiger partial charge in [0, 0.05) is 6.42 Å². The quantitative estimate of drug-likeness (QED) is 0.738. The van der Waals surface area contributed by atoms with Gasteiger partial charge in [-0.3, -0.25) is 0 Å². The Morgan fingerprint density at radius 3 is 2.64 bits per heavy atom. The van der Waals surface area contributed by atoms with Gasteiger partial charge in [0.15, 0.2) is 11.6 Å². The molecule has 1 spiro atoms. The van der Waals surface area contributed by atoms with Crippen LogP contribution in [0.4, 0.5) is 0 Å². The maximum Gasteiger partial charge on any atom is 0.198 e. The molecule has 3 saturated heterocycles. The molecule has 0 unspecified atom stereocenters. The van der Waals surface area contributed by atoms with Gasteiger partial charge in [0.25, 0.3) is 0 Å². The summed E-state index contributed by atoms with van der Waals surface area (Å²) in [6.07, 6.45) is 0.411. The highest BCUT2D eigenvalue weighted by Gasteiger charge is 2.65. The van der Waals surface area contributed by atoms with Crippen molar-refractivity contribution >= 4 is 0 Å². The molecule has 0 aliphatic carbocycles. The highest BCUT2D eigenvalue weighted by Crippen LogP contribution is 2.48. The predicted molar refractivity (Wildman–Crippen MR) is 78.5 cm³/mol. The molecule has 0 aromatic rings. The summed E-state index contributed by atoms with van der Waals surface area (Å²) in [6, 6.07) is 0. The van der Waals surface area contributed by atoms with Crippen LogP contribution in [0.2, 0.25) is 0 Å². The highest BCUT2D eigenvalue weighted by atomic mass is 16.8. The highest BCUT2D eigenvalue weighted by molar-refractivity contribution is 5.28. The lowest BCUT2D eigenvalue weighted by atomic mass is 9.97. The minimum atomic E-state index is -0.990. The second-order valence-electron chi connectivity index (χ2n) is 6.31. The van der Waals surface area contributed by atoms with Gasteiger partial charge in [-0.05, 0) is 45.5 Å². The molecule has 0 aromatic carbocycles. The smallest absolute Gasteiger partial charge is 0.198 e. The third kappa shape index (κ3) is 2.76. The van der Waals surface area contributed by atoms with E-state index in [-0.39, 0.29) is 6.10 Å². The third-order valence-corrected chi connectivity index (χ3v) is 4.21. The van der Waals surface area contributed by atoms with Crippen LogP contribution in [0.1, 0.15) is 40.0 Å². The molecule has 3 fully saturated rings. The largest absolute Gasteiger partial charge is 0.377 e. The second kappa shape index (κ2) is 5.85. The molecule has 0 aromatic heterocycles. The van der Waals surface area contributed by atoms with Crippen LogP contribution < -0.4 is 0 Å². The molecule has 22 heavy (non-hydrogen) atoms. The Kier molecular flexibility index (Phi) is 4.20. The maximum absolute atomic E-state index is 10.3. The number of aliphatic hydroxyl groups excluding tert-OH is 1. The maximum atomic E-state index is 10.3. The van der Waals surface area contributed by atoms with Gasteiger partial charge in [0.05, 0.1) is 6.61 Å². The Balaban J connectivity index is 1.85. The summed E-state index contributed by atoms with van der Waals surface area (Å²) in [6.45, 7) is 6.05. The Morgan fingerprint density at radius 2 is 1.95 bits per heavy atom. The molecule has 5 heteroatoms. The molecule has 3 heterocycles. The van der Waals surface area contributed by atoms with Gasteiger partial charge in [-0.25, -0.2) is 0 Å². The Labute approximate surface area is 131 Å². The zero-order valence-electron chi connectivity index (χ0n) is 13.2. The first-order valence-corrected chi connectivity index (χ1v) is 7.75. The Hall–Kier alpha value is -1.08. The standard InChI is InChI=1S/C17H22O5/c1-4-5-6-9-12(18)13-14-15(22-16(2,3)20-14)17(21-13)10-7-8-11-19-17/h12-15,18H,7-8,10-11H2,1-3H3/t12-,13-,14-,15-,17-/m1/s1. The van der Waals surface area contributed by atoms with Crippen molar-refractivity contribution in [3.8, 4) is 23.7 Å². The molecule has 3 aliphatic rings. The minimum Gasteiger partial charge on any atom is -0.377 e. The van der Waals surface area contributed by atoms with Gasteiger partial charge in [0.2, 0.25) is 0 Å². The van der Waals surface area contributed by atoms with Gasteiger partial charge in [-0.15, -0.1) is 0 Å². The van der Waals surface area contributed by atoms with E-state index in [0.717, 1.165) is 19.3 Å². The summed E-state index contributed by atoms with van der Waals surface area (Å²) in [7, 11) is 0. The van der Waals surface area contributed by atoms with Crippen molar-refractivity contribution < 1.29 is 24.1 Å². The van der Waals surface area contributed by atoms with Crippen molar-refractivity contribution in [1.29, 1.82) is 0 Å². The van der Waals surface area contributed by atoms with Crippen LogP contribution >= 0.6 is 0 Å². The first-order valence-electron chi connectivity index (χ1n) is 7.75. The predicted octanol–water partition coefficient (Wildman–Crippen LogP) is 1.19. The molecule has 5 nitrogen and oxygen atoms in total. The molecular weight excluding hydrogens is 284 g/mol. The first kappa shape index (κ1) is 15.8. The number of hydrogen-bond acceptors (Lipinski definition) is 5. The van der Waals surface area contributed by atoms with Crippen molar-refractivity contribution in [1.82, 2.24) is 0 Å². The number of ether oxygens (including phenoxy) is 4. The fourth-order valence-electron chi connectivity index (χ4n) is 3.34. The number of rotatable bonds is 1. The molecule has 0 saturated carbocycles. The van der Waals surface area contributed by atoms with Gasteiger partial charge >= 0.3 is 0 Å². The van der Waals surface area contributed by atoms with Crippen LogP contribution in [0.5, 0.6) is 0 Å². The molecule has 3 rings (SSSR count). The molecule has 0 radical (unpaired) electrons. The first-order chi connectivity index (χ1) is 10.5. The van der Waals surface area contributed by atoms with E-state index >= 15 is 0 Å². The van der Waals surface area contributed by atoms with Crippen LogP contribution in [-0.2, 0) is 18.9 Å². The monoisotopic (exact) mass is 306 g/mol. The lowest BCUT2D eigenvalue weighted by molar-refractivity contribution is -0.309. The zero-order valence-corrected chi connectivity index (χ0v) is 13.2. The molecule has 5 atom stereocenters. The SMILES string of the molecule is CC#CC#C[C@@H](O)[C@H]1O[C@]2(CCCCO2)[C@@H]2OC(C)(C)O[C@H]12. The Morgan fingerprint density at radius 1 is 1.14 bits per heavy atom. The van der Waals surface area contributed by atoms with E-state index < -0.39 is 29.9 Å². The lowest BCUT2D eigenvalue weighted by Crippen LogP contribution is -2.47. The molecule has 0 bridgehead atoms. The van der Waals surface area contributed by atoms with E-state index in [1.54, 1.807) is 6.92 Å². The van der Waals surface area contributed by atoms with Crippen molar-refractivity contribution in [2.24, 2.45) is 0 Å². The van der Waals surface area contributed by atoms with E-state index in [4.69, 9.17) is 18.9 Å². The average Bonchev–Trinajstić information content (AvgIpc) is 2.94. The van der Waals surface area contributed by atoms with Crippen LogP contribution in [-0.4, -0.2) is 47.7 Å². The second-order valence-corrected chi connectivity index (χ2v) is 6.31. The summed E-state index contributed by atoms with van der Waals surface area (Å²) in [5, 5.41) is 10.3. The Bertz CT molecular complexity index is 541. The summed E-state index contributed by atoms with van der Waals surface area (Å²) >= 11 is 0. The van der Waals surface area contributed by atoms with Crippen molar-refractivity contribution in [2.45, 2.75) is 76.0 Å². The van der Waals surface area contributed by atoms with E-state index in [2.05, 4.69) is 23.7 Å². The van der Waals surface area contributed by atoms with Crippen molar-refractivity contribution in [3.63, 3.8) is 0 Å². The fourth-order valence-corrected chi connectivity index (χ4v) is 3.34. The van der Waals surface area contributed by atoms with Crippen LogP contribution in [0.3, 0.4) is 0 Å². The van der Waals surface area contributed by atoms with Crippen molar-refractivity contribution in [3.05, 3.63) is 0 Å². The van der Waals surface area contributed by atoms with Crippen molar-refractivity contribution in [2.75, 3.05) is 6.61 Å².